The zero-order chi connectivity index (χ0) is 23.2. The average Bonchev–Trinajstić information content (AvgIpc) is 3.44. The van der Waals surface area contributed by atoms with Crippen LogP contribution >= 0.6 is 0 Å². The fourth-order valence-electron chi connectivity index (χ4n) is 9.27. The number of oxime groups is 1. The van der Waals surface area contributed by atoms with Gasteiger partial charge in [0.1, 0.15) is 0 Å². The highest BCUT2D eigenvalue weighted by Crippen LogP contribution is 2.67. The number of aliphatic hydroxyl groups is 1. The van der Waals surface area contributed by atoms with Crippen LogP contribution in [0.2, 0.25) is 0 Å². The van der Waals surface area contributed by atoms with Gasteiger partial charge in [-0.05, 0) is 119 Å². The molecule has 5 aliphatic rings. The summed E-state index contributed by atoms with van der Waals surface area (Å²) in [7, 11) is 0. The Bertz CT molecular complexity index is 766. The lowest BCUT2D eigenvalue weighted by Gasteiger charge is -2.61. The van der Waals surface area contributed by atoms with Crippen LogP contribution in [0, 0.1) is 40.4 Å². The normalized spacial score (nSPS) is 47.4. The highest BCUT2D eigenvalue weighted by molar-refractivity contribution is 5.85. The van der Waals surface area contributed by atoms with Crippen molar-refractivity contribution >= 4 is 11.8 Å². The maximum atomic E-state index is 12.2. The van der Waals surface area contributed by atoms with Crippen LogP contribution in [0.15, 0.2) is 5.16 Å². The Labute approximate surface area is 199 Å². The minimum atomic E-state index is -0.433. The summed E-state index contributed by atoms with van der Waals surface area (Å²) in [6.07, 6.45) is 12.6. The second-order valence-corrected chi connectivity index (χ2v) is 12.5. The lowest BCUT2D eigenvalue weighted by molar-refractivity contribution is -0.123. The molecule has 1 heterocycles. The molecule has 1 saturated heterocycles. The molecule has 6 nitrogen and oxygen atoms in total. The van der Waals surface area contributed by atoms with Crippen LogP contribution in [0.5, 0.6) is 0 Å². The minimum absolute atomic E-state index is 0.0742. The number of nitrogens with zero attached hydrogens (tertiary/aromatic N) is 1. The first-order valence-electron chi connectivity index (χ1n) is 13.7. The Balaban J connectivity index is 1.22. The van der Waals surface area contributed by atoms with Crippen LogP contribution in [0.1, 0.15) is 91.4 Å². The molecule has 6 heteroatoms. The van der Waals surface area contributed by atoms with Gasteiger partial charge in [-0.1, -0.05) is 19.0 Å². The maximum Gasteiger partial charge on any atom is 0.433 e. The van der Waals surface area contributed by atoms with Gasteiger partial charge in [-0.15, -0.1) is 0 Å². The van der Waals surface area contributed by atoms with E-state index in [1.165, 1.54) is 44.9 Å². The molecule has 0 radical (unpaired) electrons. The predicted octanol–water partition coefficient (Wildman–Crippen LogP) is 4.86. The van der Waals surface area contributed by atoms with Crippen molar-refractivity contribution in [3.8, 4) is 0 Å². The van der Waals surface area contributed by atoms with E-state index in [1.54, 1.807) is 0 Å². The fraction of sp³-hybridized carbons (Fsp3) is 0.926. The van der Waals surface area contributed by atoms with Crippen molar-refractivity contribution < 1.29 is 14.7 Å². The molecule has 0 aromatic carbocycles. The zero-order valence-corrected chi connectivity index (χ0v) is 20.9. The lowest BCUT2D eigenvalue weighted by Crippen LogP contribution is -2.54. The highest BCUT2D eigenvalue weighted by atomic mass is 16.7. The molecule has 1 unspecified atom stereocenters. The first kappa shape index (κ1) is 23.6. The Morgan fingerprint density at radius 2 is 1.85 bits per heavy atom. The van der Waals surface area contributed by atoms with Crippen LogP contribution in [0.4, 0.5) is 4.79 Å². The molecule has 4 aliphatic carbocycles. The Morgan fingerprint density at radius 3 is 2.64 bits per heavy atom. The molecule has 33 heavy (non-hydrogen) atoms. The first-order chi connectivity index (χ1) is 15.8. The van der Waals surface area contributed by atoms with Crippen LogP contribution in [-0.2, 0) is 4.84 Å². The van der Waals surface area contributed by atoms with Gasteiger partial charge in [-0.3, -0.25) is 4.84 Å². The zero-order valence-electron chi connectivity index (χ0n) is 20.9. The number of hydrogen-bond acceptors (Lipinski definition) is 5. The molecule has 0 bridgehead atoms. The van der Waals surface area contributed by atoms with Crippen molar-refractivity contribution in [1.29, 1.82) is 0 Å². The Kier molecular flexibility index (Phi) is 6.54. The van der Waals surface area contributed by atoms with E-state index in [-0.39, 0.29) is 11.5 Å². The minimum Gasteiger partial charge on any atom is -0.393 e. The van der Waals surface area contributed by atoms with E-state index in [2.05, 4.69) is 36.6 Å². The molecule has 5 rings (SSSR count). The largest absolute Gasteiger partial charge is 0.433 e. The summed E-state index contributed by atoms with van der Waals surface area (Å²) in [6, 6.07) is 0.358. The molecular formula is C27H45N3O3. The van der Waals surface area contributed by atoms with Gasteiger partial charge in [-0.25, -0.2) is 4.79 Å². The van der Waals surface area contributed by atoms with Crippen molar-refractivity contribution in [3.05, 3.63) is 0 Å². The Morgan fingerprint density at radius 1 is 1.06 bits per heavy atom. The third-order valence-electron chi connectivity index (χ3n) is 11.1. The number of rotatable bonds is 4. The molecule has 1 amide bonds. The quantitative estimate of drug-likeness (QED) is 0.318. The van der Waals surface area contributed by atoms with E-state index in [0.29, 0.717) is 29.8 Å². The van der Waals surface area contributed by atoms with Gasteiger partial charge in [0.2, 0.25) is 0 Å². The molecule has 186 valence electrons. The molecule has 0 spiro atoms. The van der Waals surface area contributed by atoms with Gasteiger partial charge in [0.15, 0.2) is 0 Å². The second kappa shape index (κ2) is 9.14. The van der Waals surface area contributed by atoms with E-state index in [4.69, 9.17) is 4.84 Å². The van der Waals surface area contributed by atoms with Crippen LogP contribution in [0.3, 0.4) is 0 Å². The molecule has 1 aliphatic heterocycles. The van der Waals surface area contributed by atoms with Gasteiger partial charge in [0.25, 0.3) is 0 Å². The molecule has 0 aromatic rings. The third-order valence-corrected chi connectivity index (χ3v) is 11.1. The summed E-state index contributed by atoms with van der Waals surface area (Å²) in [5.41, 5.74) is 1.67. The van der Waals surface area contributed by atoms with Crippen molar-refractivity contribution in [2.45, 2.75) is 104 Å². The topological polar surface area (TPSA) is 83.0 Å². The summed E-state index contributed by atoms with van der Waals surface area (Å²) in [4.78, 5) is 17.5. The van der Waals surface area contributed by atoms with E-state index in [1.807, 2.05) is 0 Å². The van der Waals surface area contributed by atoms with E-state index >= 15 is 0 Å². The molecule has 5 fully saturated rings. The summed E-state index contributed by atoms with van der Waals surface area (Å²) in [5.74, 6) is 3.48. The summed E-state index contributed by atoms with van der Waals surface area (Å²) >= 11 is 0. The van der Waals surface area contributed by atoms with Gasteiger partial charge in [0.05, 0.1) is 11.8 Å². The maximum absolute atomic E-state index is 12.2. The molecule has 9 atom stereocenters. The average molecular weight is 460 g/mol. The Hall–Kier alpha value is -1.14. The van der Waals surface area contributed by atoms with Gasteiger partial charge in [-0.2, -0.15) is 0 Å². The molecule has 4 saturated carbocycles. The predicted molar refractivity (Wildman–Crippen MR) is 130 cm³/mol. The number of aliphatic hydroxyl groups excluding tert-OH is 1. The van der Waals surface area contributed by atoms with Gasteiger partial charge >= 0.3 is 6.09 Å². The number of carbonyl (C=O) groups is 1. The number of hydrogen-bond donors (Lipinski definition) is 3. The number of carbonyl (C=O) groups excluding carboxylic acids is 1. The summed E-state index contributed by atoms with van der Waals surface area (Å²) < 4.78 is 0. The second-order valence-electron chi connectivity index (χ2n) is 12.5. The van der Waals surface area contributed by atoms with Gasteiger partial charge in [0, 0.05) is 18.5 Å². The van der Waals surface area contributed by atoms with Gasteiger partial charge < -0.3 is 15.7 Å². The smallest absolute Gasteiger partial charge is 0.393 e. The van der Waals surface area contributed by atoms with Crippen LogP contribution in [-0.4, -0.2) is 42.1 Å². The third kappa shape index (κ3) is 4.24. The number of nitrogens with one attached hydrogen (secondary N) is 2. The number of fused-ring (bicyclic) bond motifs is 5. The lowest BCUT2D eigenvalue weighted by atomic mass is 9.44. The first-order valence-corrected chi connectivity index (χ1v) is 13.7. The van der Waals surface area contributed by atoms with Crippen LogP contribution < -0.4 is 10.6 Å². The van der Waals surface area contributed by atoms with E-state index in [9.17, 15) is 9.90 Å². The highest BCUT2D eigenvalue weighted by Gasteiger charge is 2.60. The standard InChI is InChI=1S/C27H45N3O3/c1-17(30-33-25(32)29-16-19-5-4-14-28-19)22-8-9-23-21-7-6-18-15-20(31)10-12-26(18,2)24(21)11-13-27(22,23)3/h18-24,28,31H,4-16H2,1-3H3,(H,29,32)/b30-17+/t18-,19?,20+,21-,22+,23-,24-,26-,27+/m0/s1. The molecular weight excluding hydrogens is 414 g/mol. The number of amides is 1. The molecule has 3 N–H and O–H groups in total. The van der Waals surface area contributed by atoms with Crippen LogP contribution in [0.25, 0.3) is 0 Å². The van der Waals surface area contributed by atoms with Crippen molar-refractivity contribution in [1.82, 2.24) is 10.6 Å². The summed E-state index contributed by atoms with van der Waals surface area (Å²) in [6.45, 7) is 8.75. The van der Waals surface area contributed by atoms with Crippen molar-refractivity contribution in [2.24, 2.45) is 45.6 Å². The SMILES string of the molecule is C/C(=N\OC(=O)NCC1CCCN1)[C@H]1CC[C@H]2[C@@H]3CC[C@H]4C[C@H](O)CC[C@]4(C)[C@H]3CC[C@]12C. The molecule has 0 aromatic heterocycles. The monoisotopic (exact) mass is 459 g/mol. The van der Waals surface area contributed by atoms with Crippen molar-refractivity contribution in [3.63, 3.8) is 0 Å². The van der Waals surface area contributed by atoms with Crippen molar-refractivity contribution in [2.75, 3.05) is 13.1 Å². The van der Waals surface area contributed by atoms with E-state index < -0.39 is 6.09 Å². The summed E-state index contributed by atoms with van der Waals surface area (Å²) in [5, 5.41) is 20.8. The fourth-order valence-corrected chi connectivity index (χ4v) is 9.27. The van der Waals surface area contributed by atoms with E-state index in [0.717, 1.165) is 55.7 Å².